The first-order chi connectivity index (χ1) is 7.54. The molecule has 90 valence electrons. The summed E-state index contributed by atoms with van der Waals surface area (Å²) in [5.74, 6) is 1.54. The quantitative estimate of drug-likeness (QED) is 0.668. The van der Waals surface area contributed by atoms with Crippen molar-refractivity contribution in [3.05, 3.63) is 23.8 Å². The molecule has 16 heavy (non-hydrogen) atoms. The van der Waals surface area contributed by atoms with E-state index in [0.29, 0.717) is 5.41 Å². The third-order valence-electron chi connectivity index (χ3n) is 4.64. The molecule has 0 aromatic heterocycles. The predicted molar refractivity (Wildman–Crippen MR) is 68.2 cm³/mol. The Morgan fingerprint density at radius 1 is 1.44 bits per heavy atom. The smallest absolute Gasteiger partial charge is 0.0641 e. The highest BCUT2D eigenvalue weighted by atomic mass is 16.3. The van der Waals surface area contributed by atoms with Crippen molar-refractivity contribution in [3.63, 3.8) is 0 Å². The van der Waals surface area contributed by atoms with Gasteiger partial charge in [0.1, 0.15) is 0 Å². The second kappa shape index (κ2) is 4.37. The molecule has 0 aromatic rings. The van der Waals surface area contributed by atoms with Gasteiger partial charge in [0.15, 0.2) is 0 Å². The molecule has 2 aliphatic carbocycles. The van der Waals surface area contributed by atoms with Gasteiger partial charge in [-0.2, -0.15) is 0 Å². The second-order valence-corrected chi connectivity index (χ2v) is 6.16. The van der Waals surface area contributed by atoms with Crippen LogP contribution in [0, 0.1) is 17.3 Å². The van der Waals surface area contributed by atoms with Crippen LogP contribution in [0.1, 0.15) is 46.0 Å². The van der Waals surface area contributed by atoms with Gasteiger partial charge in [-0.05, 0) is 54.9 Å². The molecule has 1 nitrogen and oxygen atoms in total. The van der Waals surface area contributed by atoms with Crippen LogP contribution in [0.3, 0.4) is 0 Å². The summed E-state index contributed by atoms with van der Waals surface area (Å²) in [6, 6.07) is 0. The Morgan fingerprint density at radius 2 is 2.19 bits per heavy atom. The van der Waals surface area contributed by atoms with Crippen LogP contribution in [0.4, 0.5) is 0 Å². The van der Waals surface area contributed by atoms with Crippen molar-refractivity contribution < 1.29 is 5.11 Å². The average Bonchev–Trinajstić information content (AvgIpc) is 2.28. The van der Waals surface area contributed by atoms with E-state index in [1.165, 1.54) is 24.0 Å². The molecule has 0 saturated heterocycles. The third-order valence-corrected chi connectivity index (χ3v) is 4.64. The van der Waals surface area contributed by atoms with E-state index in [1.807, 2.05) is 0 Å². The molecule has 2 aliphatic rings. The summed E-state index contributed by atoms with van der Waals surface area (Å²) in [7, 11) is 0. The largest absolute Gasteiger partial charge is 0.392 e. The first kappa shape index (κ1) is 11.9. The summed E-state index contributed by atoms with van der Waals surface area (Å²) in [5.41, 5.74) is 3.16. The van der Waals surface area contributed by atoms with E-state index in [1.54, 1.807) is 0 Å². The molecule has 0 aromatic carbocycles. The van der Waals surface area contributed by atoms with E-state index in [9.17, 15) is 5.11 Å². The normalized spacial score (nSPS) is 37.2. The van der Waals surface area contributed by atoms with Gasteiger partial charge in [0, 0.05) is 0 Å². The number of rotatable bonds is 1. The molecule has 2 rings (SSSR count). The zero-order valence-corrected chi connectivity index (χ0v) is 10.6. The van der Waals surface area contributed by atoms with Crippen LogP contribution in [0.5, 0.6) is 0 Å². The van der Waals surface area contributed by atoms with Crippen LogP contribution in [0.25, 0.3) is 0 Å². The second-order valence-electron chi connectivity index (χ2n) is 6.16. The van der Waals surface area contributed by atoms with Gasteiger partial charge in [0.2, 0.25) is 0 Å². The van der Waals surface area contributed by atoms with E-state index < -0.39 is 0 Å². The average molecular weight is 220 g/mol. The Hall–Kier alpha value is -0.560. The van der Waals surface area contributed by atoms with E-state index in [4.69, 9.17) is 0 Å². The minimum Gasteiger partial charge on any atom is -0.392 e. The molecule has 0 aliphatic heterocycles. The third kappa shape index (κ3) is 2.10. The lowest BCUT2D eigenvalue weighted by Crippen LogP contribution is -2.44. The van der Waals surface area contributed by atoms with Crippen molar-refractivity contribution in [3.8, 4) is 0 Å². The van der Waals surface area contributed by atoms with Crippen molar-refractivity contribution in [2.75, 3.05) is 6.61 Å². The standard InChI is InChI=1S/C15H24O/c1-11-5-4-6-12(10-16)7-8-14-13(11)9-15(14,2)3/h6,13-14,16H,1,4-5,7-10H2,2-3H3/b12-6+/t13-,14+/m1/s1. The van der Waals surface area contributed by atoms with Gasteiger partial charge in [-0.15, -0.1) is 0 Å². The molecule has 2 atom stereocenters. The summed E-state index contributed by atoms with van der Waals surface area (Å²) in [4.78, 5) is 0. The Labute approximate surface area is 99.3 Å². The zero-order chi connectivity index (χ0) is 11.8. The summed E-state index contributed by atoms with van der Waals surface area (Å²) in [6.07, 6.45) is 8.02. The van der Waals surface area contributed by atoms with Crippen LogP contribution in [-0.4, -0.2) is 11.7 Å². The first-order valence-corrected chi connectivity index (χ1v) is 6.51. The van der Waals surface area contributed by atoms with E-state index in [0.717, 1.165) is 31.1 Å². The Bertz CT molecular complexity index is 311. The molecule has 0 bridgehead atoms. The molecule has 1 fully saturated rings. The maximum atomic E-state index is 9.28. The minimum absolute atomic E-state index is 0.240. The predicted octanol–water partition coefficient (Wildman–Crippen LogP) is 3.70. The number of aliphatic hydroxyl groups excluding tert-OH is 1. The molecule has 0 radical (unpaired) electrons. The Balaban J connectivity index is 2.11. The van der Waals surface area contributed by atoms with Crippen LogP contribution >= 0.6 is 0 Å². The summed E-state index contributed by atoms with van der Waals surface area (Å²) < 4.78 is 0. The van der Waals surface area contributed by atoms with Crippen molar-refractivity contribution in [1.82, 2.24) is 0 Å². The number of aliphatic hydroxyl groups is 1. The molecule has 0 heterocycles. The van der Waals surface area contributed by atoms with E-state index >= 15 is 0 Å². The molecule has 0 spiro atoms. The van der Waals surface area contributed by atoms with Crippen LogP contribution in [-0.2, 0) is 0 Å². The number of allylic oxidation sites excluding steroid dienone is 2. The van der Waals surface area contributed by atoms with Gasteiger partial charge < -0.3 is 5.11 Å². The van der Waals surface area contributed by atoms with Crippen LogP contribution < -0.4 is 0 Å². The minimum atomic E-state index is 0.240. The van der Waals surface area contributed by atoms with Gasteiger partial charge in [-0.1, -0.05) is 32.1 Å². The molecule has 0 unspecified atom stereocenters. The first-order valence-electron chi connectivity index (χ1n) is 6.51. The number of fused-ring (bicyclic) bond motifs is 1. The molecule has 1 heteroatoms. The van der Waals surface area contributed by atoms with Gasteiger partial charge in [0.05, 0.1) is 6.61 Å². The fraction of sp³-hybridized carbons (Fsp3) is 0.733. The van der Waals surface area contributed by atoms with E-state index in [2.05, 4.69) is 26.5 Å². The molecule has 0 amide bonds. The van der Waals surface area contributed by atoms with Crippen molar-refractivity contribution in [1.29, 1.82) is 0 Å². The van der Waals surface area contributed by atoms with Gasteiger partial charge >= 0.3 is 0 Å². The number of hydrogen-bond donors (Lipinski definition) is 1. The monoisotopic (exact) mass is 220 g/mol. The summed E-state index contributed by atoms with van der Waals surface area (Å²) in [5, 5.41) is 9.28. The van der Waals surface area contributed by atoms with Crippen LogP contribution in [0.15, 0.2) is 23.8 Å². The lowest BCUT2D eigenvalue weighted by atomic mass is 9.52. The fourth-order valence-electron chi connectivity index (χ4n) is 3.50. The maximum absolute atomic E-state index is 9.28. The van der Waals surface area contributed by atoms with Crippen LogP contribution in [0.2, 0.25) is 0 Å². The SMILES string of the molecule is C=C1CC/C=C(/CO)CC[C@H]2[C@@H]1CC2(C)C. The number of hydrogen-bond acceptors (Lipinski definition) is 1. The Kier molecular flexibility index (Phi) is 3.25. The Morgan fingerprint density at radius 3 is 2.81 bits per heavy atom. The highest BCUT2D eigenvalue weighted by molar-refractivity contribution is 5.16. The van der Waals surface area contributed by atoms with Gasteiger partial charge in [0.25, 0.3) is 0 Å². The van der Waals surface area contributed by atoms with Crippen molar-refractivity contribution in [2.24, 2.45) is 17.3 Å². The van der Waals surface area contributed by atoms with Gasteiger partial charge in [-0.25, -0.2) is 0 Å². The zero-order valence-electron chi connectivity index (χ0n) is 10.6. The molecular weight excluding hydrogens is 196 g/mol. The maximum Gasteiger partial charge on any atom is 0.0641 e. The fourth-order valence-corrected chi connectivity index (χ4v) is 3.50. The van der Waals surface area contributed by atoms with Crippen molar-refractivity contribution >= 4 is 0 Å². The summed E-state index contributed by atoms with van der Waals surface area (Å²) >= 11 is 0. The molecule has 1 saturated carbocycles. The van der Waals surface area contributed by atoms with Gasteiger partial charge in [-0.3, -0.25) is 0 Å². The van der Waals surface area contributed by atoms with E-state index in [-0.39, 0.29) is 6.61 Å². The lowest BCUT2D eigenvalue weighted by Gasteiger charge is -2.53. The topological polar surface area (TPSA) is 20.2 Å². The van der Waals surface area contributed by atoms with Crippen molar-refractivity contribution in [2.45, 2.75) is 46.0 Å². The highest BCUT2D eigenvalue weighted by Gasteiger charge is 2.47. The molecule has 1 N–H and O–H groups in total. The summed E-state index contributed by atoms with van der Waals surface area (Å²) in [6.45, 7) is 9.26. The lowest BCUT2D eigenvalue weighted by molar-refractivity contribution is 0.00350. The highest BCUT2D eigenvalue weighted by Crippen LogP contribution is 2.56. The molecular formula is C15H24O.